The molecular formula is C9H14N4. The summed E-state index contributed by atoms with van der Waals surface area (Å²) in [4.78, 5) is 11.7. The van der Waals surface area contributed by atoms with Crippen molar-refractivity contribution in [2.45, 2.75) is 19.8 Å². The lowest BCUT2D eigenvalue weighted by Gasteiger charge is -2.13. The topological polar surface area (TPSA) is 53.1 Å². The molecule has 0 aromatic carbocycles. The monoisotopic (exact) mass is 178 g/mol. The van der Waals surface area contributed by atoms with E-state index in [2.05, 4.69) is 20.3 Å². The number of hydrogen-bond donors (Lipinski definition) is 2. The Hall–Kier alpha value is -1.32. The number of aromatic nitrogens is 2. The van der Waals surface area contributed by atoms with E-state index in [1.807, 2.05) is 13.1 Å². The quantitative estimate of drug-likeness (QED) is 0.698. The van der Waals surface area contributed by atoms with Crippen molar-refractivity contribution in [1.82, 2.24) is 15.3 Å². The standard InChI is InChI=1S/C9H14N4/c1-7-12-6-8(13-7)5-9-10-3-2-4-11-9/h6H,2-5H2,1H3,(H,10,11)(H,12,13). The Morgan fingerprint density at radius 1 is 1.54 bits per heavy atom. The minimum atomic E-state index is 0.848. The molecule has 2 rings (SSSR count). The molecule has 70 valence electrons. The van der Waals surface area contributed by atoms with Gasteiger partial charge in [0.2, 0.25) is 0 Å². The first-order valence-electron chi connectivity index (χ1n) is 4.62. The third kappa shape index (κ3) is 2.08. The molecule has 4 heteroatoms. The van der Waals surface area contributed by atoms with Gasteiger partial charge in [-0.2, -0.15) is 0 Å². The van der Waals surface area contributed by atoms with Crippen LogP contribution in [0, 0.1) is 6.92 Å². The SMILES string of the molecule is Cc1ncc(CC2=NCCCN2)[nH]1. The lowest BCUT2D eigenvalue weighted by atomic mass is 10.2. The largest absolute Gasteiger partial charge is 0.373 e. The van der Waals surface area contributed by atoms with Gasteiger partial charge < -0.3 is 10.3 Å². The van der Waals surface area contributed by atoms with Gasteiger partial charge in [-0.1, -0.05) is 0 Å². The summed E-state index contributed by atoms with van der Waals surface area (Å²) in [6, 6.07) is 0. The fourth-order valence-electron chi connectivity index (χ4n) is 1.44. The molecule has 0 spiro atoms. The van der Waals surface area contributed by atoms with Gasteiger partial charge in [-0.05, 0) is 13.3 Å². The van der Waals surface area contributed by atoms with Crippen molar-refractivity contribution in [3.05, 3.63) is 17.7 Å². The highest BCUT2D eigenvalue weighted by atomic mass is 15.0. The number of aryl methyl sites for hydroxylation is 1. The van der Waals surface area contributed by atoms with Crippen molar-refractivity contribution < 1.29 is 0 Å². The number of aliphatic imine (C=N–C) groups is 1. The van der Waals surface area contributed by atoms with Gasteiger partial charge in [0.05, 0.1) is 0 Å². The Balaban J connectivity index is 2.01. The van der Waals surface area contributed by atoms with Gasteiger partial charge in [0.25, 0.3) is 0 Å². The van der Waals surface area contributed by atoms with Crippen LogP contribution < -0.4 is 5.32 Å². The molecule has 13 heavy (non-hydrogen) atoms. The van der Waals surface area contributed by atoms with Crippen LogP contribution in [0.4, 0.5) is 0 Å². The Bertz CT molecular complexity index is 313. The molecule has 1 aromatic heterocycles. The molecule has 0 radical (unpaired) electrons. The minimum absolute atomic E-state index is 0.848. The third-order valence-electron chi connectivity index (χ3n) is 2.08. The van der Waals surface area contributed by atoms with E-state index in [9.17, 15) is 0 Å². The highest BCUT2D eigenvalue weighted by Gasteiger charge is 2.05. The Morgan fingerprint density at radius 3 is 3.08 bits per heavy atom. The normalized spacial score (nSPS) is 16.5. The second-order valence-electron chi connectivity index (χ2n) is 3.28. The molecule has 0 amide bonds. The van der Waals surface area contributed by atoms with Crippen LogP contribution in [-0.2, 0) is 6.42 Å². The zero-order chi connectivity index (χ0) is 9.10. The molecule has 2 N–H and O–H groups in total. The van der Waals surface area contributed by atoms with Crippen molar-refractivity contribution >= 4 is 5.84 Å². The molecule has 0 bridgehead atoms. The van der Waals surface area contributed by atoms with Gasteiger partial charge in [-0.3, -0.25) is 4.99 Å². The maximum Gasteiger partial charge on any atom is 0.103 e. The van der Waals surface area contributed by atoms with Gasteiger partial charge in [0, 0.05) is 31.4 Å². The van der Waals surface area contributed by atoms with Crippen LogP contribution in [0.2, 0.25) is 0 Å². The molecule has 0 saturated carbocycles. The molecular weight excluding hydrogens is 164 g/mol. The second kappa shape index (κ2) is 3.60. The van der Waals surface area contributed by atoms with Gasteiger partial charge in [0.15, 0.2) is 0 Å². The molecule has 4 nitrogen and oxygen atoms in total. The number of amidine groups is 1. The van der Waals surface area contributed by atoms with Crippen LogP contribution in [0.1, 0.15) is 17.9 Å². The number of H-pyrrole nitrogens is 1. The van der Waals surface area contributed by atoms with E-state index in [1.165, 1.54) is 0 Å². The predicted octanol–water partition coefficient (Wildman–Crippen LogP) is 0.652. The van der Waals surface area contributed by atoms with Crippen LogP contribution in [0.3, 0.4) is 0 Å². The zero-order valence-corrected chi connectivity index (χ0v) is 7.80. The smallest absolute Gasteiger partial charge is 0.103 e. The van der Waals surface area contributed by atoms with Crippen LogP contribution >= 0.6 is 0 Å². The molecule has 1 aromatic rings. The lowest BCUT2D eigenvalue weighted by Crippen LogP contribution is -2.31. The second-order valence-corrected chi connectivity index (χ2v) is 3.28. The highest BCUT2D eigenvalue weighted by Crippen LogP contribution is 2.00. The zero-order valence-electron chi connectivity index (χ0n) is 7.80. The van der Waals surface area contributed by atoms with Crippen molar-refractivity contribution in [1.29, 1.82) is 0 Å². The number of aromatic amines is 1. The summed E-state index contributed by atoms with van der Waals surface area (Å²) in [5, 5.41) is 3.28. The van der Waals surface area contributed by atoms with Gasteiger partial charge in [-0.25, -0.2) is 4.98 Å². The summed E-state index contributed by atoms with van der Waals surface area (Å²) >= 11 is 0. The van der Waals surface area contributed by atoms with E-state index in [4.69, 9.17) is 0 Å². The summed E-state index contributed by atoms with van der Waals surface area (Å²) in [6.45, 7) is 3.96. The number of nitrogens with zero attached hydrogens (tertiary/aromatic N) is 2. The molecule has 0 fully saturated rings. The van der Waals surface area contributed by atoms with E-state index in [0.717, 1.165) is 43.3 Å². The van der Waals surface area contributed by atoms with E-state index >= 15 is 0 Å². The minimum Gasteiger partial charge on any atom is -0.373 e. The predicted molar refractivity (Wildman–Crippen MR) is 52.0 cm³/mol. The van der Waals surface area contributed by atoms with Crippen molar-refractivity contribution in [2.24, 2.45) is 4.99 Å². The Labute approximate surface area is 77.5 Å². The summed E-state index contributed by atoms with van der Waals surface area (Å²) in [5.41, 5.74) is 1.13. The van der Waals surface area contributed by atoms with Crippen LogP contribution in [-0.4, -0.2) is 28.9 Å². The molecule has 1 aliphatic heterocycles. The van der Waals surface area contributed by atoms with E-state index < -0.39 is 0 Å². The van der Waals surface area contributed by atoms with Crippen LogP contribution in [0.25, 0.3) is 0 Å². The first-order chi connectivity index (χ1) is 6.34. The fourth-order valence-corrected chi connectivity index (χ4v) is 1.44. The van der Waals surface area contributed by atoms with E-state index in [-0.39, 0.29) is 0 Å². The summed E-state index contributed by atoms with van der Waals surface area (Å²) in [6.07, 6.45) is 3.86. The maximum absolute atomic E-state index is 4.39. The van der Waals surface area contributed by atoms with Crippen molar-refractivity contribution in [2.75, 3.05) is 13.1 Å². The summed E-state index contributed by atoms with van der Waals surface area (Å²) in [5.74, 6) is 2.04. The average molecular weight is 178 g/mol. The number of imidazole rings is 1. The van der Waals surface area contributed by atoms with Crippen LogP contribution in [0.15, 0.2) is 11.2 Å². The first kappa shape index (κ1) is 8.29. The summed E-state index contributed by atoms with van der Waals surface area (Å²) < 4.78 is 0. The van der Waals surface area contributed by atoms with Crippen LogP contribution in [0.5, 0.6) is 0 Å². The summed E-state index contributed by atoms with van der Waals surface area (Å²) in [7, 11) is 0. The van der Waals surface area contributed by atoms with Gasteiger partial charge in [0.1, 0.15) is 11.7 Å². The molecule has 0 aliphatic carbocycles. The Kier molecular flexibility index (Phi) is 2.29. The maximum atomic E-state index is 4.39. The van der Waals surface area contributed by atoms with Crippen molar-refractivity contribution in [3.63, 3.8) is 0 Å². The molecule has 0 unspecified atom stereocenters. The molecule has 1 aliphatic rings. The van der Waals surface area contributed by atoms with E-state index in [0.29, 0.717) is 0 Å². The molecule has 0 saturated heterocycles. The van der Waals surface area contributed by atoms with Gasteiger partial charge >= 0.3 is 0 Å². The molecule has 0 atom stereocenters. The number of rotatable bonds is 2. The lowest BCUT2D eigenvalue weighted by molar-refractivity contribution is 0.730. The van der Waals surface area contributed by atoms with E-state index in [1.54, 1.807) is 0 Å². The number of hydrogen-bond acceptors (Lipinski definition) is 3. The number of nitrogens with one attached hydrogen (secondary N) is 2. The Morgan fingerprint density at radius 2 is 2.46 bits per heavy atom. The highest BCUT2D eigenvalue weighted by molar-refractivity contribution is 5.84. The first-order valence-corrected chi connectivity index (χ1v) is 4.62. The van der Waals surface area contributed by atoms with Gasteiger partial charge in [-0.15, -0.1) is 0 Å². The molecule has 2 heterocycles. The fraction of sp³-hybridized carbons (Fsp3) is 0.556. The average Bonchev–Trinajstić information content (AvgIpc) is 2.53. The van der Waals surface area contributed by atoms with Crippen molar-refractivity contribution in [3.8, 4) is 0 Å². The third-order valence-corrected chi connectivity index (χ3v) is 2.08.